The molecule has 10 heteroatoms. The molecule has 2 aromatic heterocycles. The van der Waals surface area contributed by atoms with E-state index in [1.54, 1.807) is 24.3 Å². The molecule has 1 aromatic carbocycles. The van der Waals surface area contributed by atoms with E-state index in [0.717, 1.165) is 5.01 Å². The van der Waals surface area contributed by atoms with Crippen LogP contribution < -0.4 is 15.2 Å². The van der Waals surface area contributed by atoms with E-state index in [0.29, 0.717) is 28.5 Å². The van der Waals surface area contributed by atoms with Gasteiger partial charge in [0.05, 0.1) is 17.9 Å². The van der Waals surface area contributed by atoms with E-state index in [9.17, 15) is 14.4 Å². The van der Waals surface area contributed by atoms with Crippen molar-refractivity contribution < 1.29 is 19.1 Å². The number of hydrogen-bond acceptors (Lipinski definition) is 8. The molecule has 4 rings (SSSR count). The number of aryl methyl sites for hydroxylation is 1. The van der Waals surface area contributed by atoms with Gasteiger partial charge >= 0.3 is 5.97 Å². The van der Waals surface area contributed by atoms with Gasteiger partial charge in [-0.15, -0.1) is 0 Å². The summed E-state index contributed by atoms with van der Waals surface area (Å²) in [4.78, 5) is 43.0. The van der Waals surface area contributed by atoms with Crippen molar-refractivity contribution in [3.8, 4) is 5.75 Å². The van der Waals surface area contributed by atoms with Crippen LogP contribution in [0.2, 0.25) is 0 Å². The quantitative estimate of drug-likeness (QED) is 0.597. The molecule has 3 aromatic rings. The number of carbonyl (C=O) groups is 2. The Balaban J connectivity index is 1.49. The second-order valence-corrected chi connectivity index (χ2v) is 7.48. The van der Waals surface area contributed by atoms with Crippen LogP contribution in [-0.2, 0) is 27.4 Å². The molecule has 0 N–H and O–H groups in total. The van der Waals surface area contributed by atoms with Gasteiger partial charge in [0.2, 0.25) is 17.0 Å². The van der Waals surface area contributed by atoms with E-state index >= 15 is 0 Å². The van der Waals surface area contributed by atoms with E-state index in [1.165, 1.54) is 33.7 Å². The molecular formula is C19H18N4O5S. The summed E-state index contributed by atoms with van der Waals surface area (Å²) in [6, 6.07) is 8.29. The number of anilines is 1. The molecule has 9 nitrogen and oxygen atoms in total. The van der Waals surface area contributed by atoms with Gasteiger partial charge in [-0.25, -0.2) is 9.78 Å². The molecule has 0 saturated carbocycles. The van der Waals surface area contributed by atoms with Crippen molar-refractivity contribution in [2.45, 2.75) is 33.0 Å². The first-order valence-corrected chi connectivity index (χ1v) is 9.87. The lowest BCUT2D eigenvalue weighted by molar-refractivity contribution is -0.153. The maximum atomic E-state index is 12.5. The zero-order chi connectivity index (χ0) is 20.5. The number of esters is 1. The Labute approximate surface area is 169 Å². The minimum absolute atomic E-state index is 0.0506. The third kappa shape index (κ3) is 3.70. The highest BCUT2D eigenvalue weighted by Gasteiger charge is 2.33. The average Bonchev–Trinajstić information content (AvgIpc) is 3.15. The minimum atomic E-state index is -0.964. The van der Waals surface area contributed by atoms with Gasteiger partial charge in [-0.3, -0.25) is 9.59 Å². The number of amides is 1. The predicted molar refractivity (Wildman–Crippen MR) is 105 cm³/mol. The van der Waals surface area contributed by atoms with Gasteiger partial charge < -0.3 is 14.4 Å². The van der Waals surface area contributed by atoms with Crippen LogP contribution in [0.25, 0.3) is 4.96 Å². The Morgan fingerprint density at radius 2 is 2.14 bits per heavy atom. The molecule has 0 aliphatic carbocycles. The third-order valence-electron chi connectivity index (χ3n) is 4.42. The van der Waals surface area contributed by atoms with Crippen molar-refractivity contribution in [2.24, 2.45) is 0 Å². The molecule has 150 valence electrons. The SMILES string of the molecule is CCc1nn2c(=O)cc(COC(=O)[C@H]3CN(C(C)=O)c4ccccc4O3)nc2s1. The molecule has 0 saturated heterocycles. The first-order chi connectivity index (χ1) is 14.0. The number of carbonyl (C=O) groups excluding carboxylic acids is 2. The van der Waals surface area contributed by atoms with Crippen molar-refractivity contribution in [2.75, 3.05) is 11.4 Å². The van der Waals surface area contributed by atoms with Crippen molar-refractivity contribution in [1.29, 1.82) is 0 Å². The molecule has 1 aliphatic rings. The van der Waals surface area contributed by atoms with Crippen molar-refractivity contribution >= 4 is 33.9 Å². The monoisotopic (exact) mass is 414 g/mol. The van der Waals surface area contributed by atoms with Crippen LogP contribution in [0, 0.1) is 0 Å². The Kier molecular flexibility index (Phi) is 5.01. The third-order valence-corrected chi connectivity index (χ3v) is 5.47. The van der Waals surface area contributed by atoms with Gasteiger partial charge in [-0.1, -0.05) is 30.4 Å². The molecule has 29 heavy (non-hydrogen) atoms. The van der Waals surface area contributed by atoms with Crippen LogP contribution in [0.3, 0.4) is 0 Å². The second kappa shape index (κ2) is 7.63. The van der Waals surface area contributed by atoms with Crippen LogP contribution in [0.5, 0.6) is 5.75 Å². The summed E-state index contributed by atoms with van der Waals surface area (Å²) in [6.07, 6.45) is -0.265. The van der Waals surface area contributed by atoms with Gasteiger partial charge in [0.25, 0.3) is 5.56 Å². The van der Waals surface area contributed by atoms with E-state index < -0.39 is 12.1 Å². The van der Waals surface area contributed by atoms with Crippen molar-refractivity contribution in [3.63, 3.8) is 0 Å². The summed E-state index contributed by atoms with van der Waals surface area (Å²) in [5, 5.41) is 4.98. The first-order valence-electron chi connectivity index (χ1n) is 9.05. The number of para-hydroxylation sites is 2. The van der Waals surface area contributed by atoms with Crippen LogP contribution in [0.15, 0.2) is 35.1 Å². The number of benzene rings is 1. The molecule has 3 heterocycles. The van der Waals surface area contributed by atoms with Gasteiger partial charge in [-0.05, 0) is 18.6 Å². The topological polar surface area (TPSA) is 103 Å². The first kappa shape index (κ1) is 19.1. The van der Waals surface area contributed by atoms with Crippen molar-refractivity contribution in [1.82, 2.24) is 14.6 Å². The van der Waals surface area contributed by atoms with Gasteiger partial charge in [0, 0.05) is 13.0 Å². The average molecular weight is 414 g/mol. The number of hydrogen-bond donors (Lipinski definition) is 0. The van der Waals surface area contributed by atoms with E-state index in [-0.39, 0.29) is 24.6 Å². The Morgan fingerprint density at radius 3 is 2.90 bits per heavy atom. The lowest BCUT2D eigenvalue weighted by Gasteiger charge is -2.33. The molecule has 0 radical (unpaired) electrons. The van der Waals surface area contributed by atoms with E-state index in [4.69, 9.17) is 9.47 Å². The number of fused-ring (bicyclic) bond motifs is 2. The predicted octanol–water partition coefficient (Wildman–Crippen LogP) is 1.57. The Hall–Kier alpha value is -3.27. The lowest BCUT2D eigenvalue weighted by atomic mass is 10.2. The van der Waals surface area contributed by atoms with Gasteiger partial charge in [0.1, 0.15) is 17.4 Å². The largest absolute Gasteiger partial charge is 0.475 e. The van der Waals surface area contributed by atoms with Crippen molar-refractivity contribution in [3.05, 3.63) is 51.4 Å². The summed E-state index contributed by atoms with van der Waals surface area (Å²) < 4.78 is 12.3. The molecule has 0 bridgehead atoms. The fraction of sp³-hybridized carbons (Fsp3) is 0.316. The summed E-state index contributed by atoms with van der Waals surface area (Å²) >= 11 is 1.32. The maximum absolute atomic E-state index is 12.5. The smallest absolute Gasteiger partial charge is 0.349 e. The van der Waals surface area contributed by atoms with E-state index in [1.807, 2.05) is 6.92 Å². The van der Waals surface area contributed by atoms with Crippen LogP contribution in [-0.4, -0.2) is 39.1 Å². The summed E-state index contributed by atoms with van der Waals surface area (Å²) in [6.45, 7) is 3.25. The second-order valence-electron chi connectivity index (χ2n) is 6.44. The van der Waals surface area contributed by atoms with Gasteiger partial charge in [-0.2, -0.15) is 9.61 Å². The Morgan fingerprint density at radius 1 is 1.34 bits per heavy atom. The Bertz CT molecular complexity index is 1150. The maximum Gasteiger partial charge on any atom is 0.349 e. The molecule has 0 fully saturated rings. The van der Waals surface area contributed by atoms with Crippen LogP contribution in [0.1, 0.15) is 24.5 Å². The summed E-state index contributed by atoms with van der Waals surface area (Å²) in [7, 11) is 0. The minimum Gasteiger partial charge on any atom is -0.475 e. The summed E-state index contributed by atoms with van der Waals surface area (Å²) in [5.74, 6) is -0.396. The normalized spacial score (nSPS) is 15.7. The van der Waals surface area contributed by atoms with E-state index in [2.05, 4.69) is 10.1 Å². The highest BCUT2D eigenvalue weighted by molar-refractivity contribution is 7.16. The number of ether oxygens (including phenoxy) is 2. The fourth-order valence-electron chi connectivity index (χ4n) is 3.01. The standard InChI is InChI=1S/C19H18N4O5S/c1-3-16-21-23-17(25)8-12(20-19(23)29-16)10-27-18(26)15-9-22(11(2)24)13-6-4-5-7-14(13)28-15/h4-8,15H,3,9-10H2,1-2H3/t15-/m1/s1. The fourth-order valence-corrected chi connectivity index (χ4v) is 3.86. The number of rotatable bonds is 4. The molecule has 0 spiro atoms. The molecular weight excluding hydrogens is 396 g/mol. The number of nitrogens with zero attached hydrogens (tertiary/aromatic N) is 4. The molecule has 1 aliphatic heterocycles. The van der Waals surface area contributed by atoms with Crippen LogP contribution >= 0.6 is 11.3 Å². The zero-order valence-electron chi connectivity index (χ0n) is 15.8. The molecule has 1 atom stereocenters. The summed E-state index contributed by atoms with van der Waals surface area (Å²) in [5.41, 5.74) is 0.609. The molecule has 0 unspecified atom stereocenters. The lowest BCUT2D eigenvalue weighted by Crippen LogP contribution is -2.47. The number of aromatic nitrogens is 3. The molecule has 1 amide bonds. The van der Waals surface area contributed by atoms with Gasteiger partial charge in [0.15, 0.2) is 0 Å². The van der Waals surface area contributed by atoms with Crippen LogP contribution in [0.4, 0.5) is 5.69 Å². The highest BCUT2D eigenvalue weighted by atomic mass is 32.1. The highest BCUT2D eigenvalue weighted by Crippen LogP contribution is 2.33. The zero-order valence-corrected chi connectivity index (χ0v) is 16.6.